The van der Waals surface area contributed by atoms with Gasteiger partial charge >= 0.3 is 0 Å². The van der Waals surface area contributed by atoms with Crippen LogP contribution in [0.15, 0.2) is 12.7 Å². The van der Waals surface area contributed by atoms with Crippen molar-refractivity contribution in [2.24, 2.45) is 0 Å². The Kier molecular flexibility index (Phi) is 5.96. The molecule has 1 heteroatoms. The van der Waals surface area contributed by atoms with Gasteiger partial charge in [-0.1, -0.05) is 14.0 Å². The molecule has 0 saturated heterocycles. The molecule has 0 nitrogen and oxygen atoms in total. The Morgan fingerprint density at radius 1 is 1.30 bits per heavy atom. The zero-order valence-electron chi connectivity index (χ0n) is 6.01. The van der Waals surface area contributed by atoms with Crippen molar-refractivity contribution >= 4 is 7.92 Å². The highest BCUT2D eigenvalue weighted by Crippen LogP contribution is 2.33. The van der Waals surface area contributed by atoms with Gasteiger partial charge in [-0.2, -0.15) is 0 Å². The van der Waals surface area contributed by atoms with Gasteiger partial charge in [-0.15, -0.1) is 31.3 Å². The summed E-state index contributed by atoms with van der Waals surface area (Å²) >= 11 is 0. The lowest BCUT2D eigenvalue weighted by Crippen LogP contribution is -1.88. The molecule has 10 heavy (non-hydrogen) atoms. The normalized spacial score (nSPS) is 8.30. The van der Waals surface area contributed by atoms with Crippen molar-refractivity contribution in [2.75, 3.05) is 18.5 Å². The first-order chi connectivity index (χ1) is 4.85. The van der Waals surface area contributed by atoms with Gasteiger partial charge < -0.3 is 0 Å². The molecule has 0 bridgehead atoms. The maximum Gasteiger partial charge on any atom is 0.0300 e. The van der Waals surface area contributed by atoms with E-state index in [-0.39, 0.29) is 7.92 Å². The van der Waals surface area contributed by atoms with E-state index in [9.17, 15) is 0 Å². The number of terminal acetylenes is 2. The molecule has 0 aliphatic carbocycles. The second kappa shape index (κ2) is 6.41. The van der Waals surface area contributed by atoms with Crippen LogP contribution in [0.4, 0.5) is 0 Å². The Morgan fingerprint density at radius 2 is 1.80 bits per heavy atom. The molecule has 0 aromatic heterocycles. The highest BCUT2D eigenvalue weighted by molar-refractivity contribution is 7.58. The third-order valence-electron chi connectivity index (χ3n) is 1.02. The van der Waals surface area contributed by atoms with Crippen LogP contribution in [0.1, 0.15) is 0 Å². The lowest BCUT2D eigenvalue weighted by Gasteiger charge is -2.06. The molecule has 0 aliphatic rings. The molecule has 0 amide bonds. The molecular formula is C9H11P. The van der Waals surface area contributed by atoms with Crippen molar-refractivity contribution in [1.82, 2.24) is 0 Å². The maximum atomic E-state index is 5.15. The minimum absolute atomic E-state index is 0.151. The van der Waals surface area contributed by atoms with Crippen LogP contribution in [0.3, 0.4) is 0 Å². The van der Waals surface area contributed by atoms with E-state index in [0.29, 0.717) is 0 Å². The maximum absolute atomic E-state index is 5.15. The smallest absolute Gasteiger partial charge is 0.0300 e. The van der Waals surface area contributed by atoms with Crippen LogP contribution in [0, 0.1) is 24.7 Å². The van der Waals surface area contributed by atoms with Crippen molar-refractivity contribution in [2.45, 2.75) is 0 Å². The van der Waals surface area contributed by atoms with Gasteiger partial charge in [-0.3, -0.25) is 0 Å². The molecule has 0 saturated carbocycles. The lowest BCUT2D eigenvalue weighted by atomic mass is 10.8. The number of hydrogen-bond acceptors (Lipinski definition) is 0. The van der Waals surface area contributed by atoms with Crippen molar-refractivity contribution in [3.63, 3.8) is 0 Å². The minimum atomic E-state index is -0.151. The molecule has 0 spiro atoms. The molecule has 0 radical (unpaired) electrons. The molecule has 0 N–H and O–H groups in total. The van der Waals surface area contributed by atoms with Crippen LogP contribution < -0.4 is 0 Å². The van der Waals surface area contributed by atoms with E-state index in [1.807, 2.05) is 6.08 Å². The Morgan fingerprint density at radius 3 is 2.10 bits per heavy atom. The Labute approximate surface area is 64.5 Å². The SMILES string of the molecule is C#CCP(CC#C)CC=C. The van der Waals surface area contributed by atoms with E-state index >= 15 is 0 Å². The molecule has 0 aromatic rings. The van der Waals surface area contributed by atoms with Crippen LogP contribution in [-0.2, 0) is 0 Å². The number of allylic oxidation sites excluding steroid dienone is 1. The predicted molar refractivity (Wildman–Crippen MR) is 49.4 cm³/mol. The average molecular weight is 150 g/mol. The van der Waals surface area contributed by atoms with Crippen LogP contribution >= 0.6 is 7.92 Å². The highest BCUT2D eigenvalue weighted by atomic mass is 31.1. The monoisotopic (exact) mass is 150 g/mol. The van der Waals surface area contributed by atoms with Crippen LogP contribution in [0.5, 0.6) is 0 Å². The van der Waals surface area contributed by atoms with Gasteiger partial charge in [0.2, 0.25) is 0 Å². The van der Waals surface area contributed by atoms with E-state index in [0.717, 1.165) is 18.5 Å². The molecule has 0 aliphatic heterocycles. The summed E-state index contributed by atoms with van der Waals surface area (Å²) in [6.45, 7) is 3.64. The van der Waals surface area contributed by atoms with E-state index in [1.54, 1.807) is 0 Å². The van der Waals surface area contributed by atoms with Crippen LogP contribution in [-0.4, -0.2) is 18.5 Å². The quantitative estimate of drug-likeness (QED) is 0.326. The molecule has 0 atom stereocenters. The summed E-state index contributed by atoms with van der Waals surface area (Å²) in [5.74, 6) is 5.25. The number of hydrogen-bond donors (Lipinski definition) is 0. The molecule has 0 unspecified atom stereocenters. The van der Waals surface area contributed by atoms with Gasteiger partial charge in [-0.05, 0) is 6.16 Å². The second-order valence-corrected chi connectivity index (χ2v) is 4.21. The minimum Gasteiger partial charge on any atom is -0.120 e. The lowest BCUT2D eigenvalue weighted by molar-refractivity contribution is 1.65. The van der Waals surface area contributed by atoms with Gasteiger partial charge in [0.15, 0.2) is 0 Å². The predicted octanol–water partition coefficient (Wildman–Crippen LogP) is 1.92. The highest BCUT2D eigenvalue weighted by Gasteiger charge is 2.00. The zero-order chi connectivity index (χ0) is 7.82. The van der Waals surface area contributed by atoms with Gasteiger partial charge in [-0.25, -0.2) is 0 Å². The Hall–Kier alpha value is -0.710. The van der Waals surface area contributed by atoms with E-state index in [4.69, 9.17) is 12.8 Å². The van der Waals surface area contributed by atoms with Gasteiger partial charge in [0, 0.05) is 12.3 Å². The van der Waals surface area contributed by atoms with Crippen LogP contribution in [0.25, 0.3) is 0 Å². The Balaban J connectivity index is 3.65. The van der Waals surface area contributed by atoms with Crippen molar-refractivity contribution in [1.29, 1.82) is 0 Å². The molecule has 0 rings (SSSR count). The van der Waals surface area contributed by atoms with Gasteiger partial charge in [0.1, 0.15) is 0 Å². The first-order valence-corrected chi connectivity index (χ1v) is 4.95. The van der Waals surface area contributed by atoms with Gasteiger partial charge in [0.05, 0.1) is 0 Å². The zero-order valence-corrected chi connectivity index (χ0v) is 6.90. The number of rotatable bonds is 4. The third-order valence-corrected chi connectivity index (χ3v) is 3.05. The summed E-state index contributed by atoms with van der Waals surface area (Å²) in [4.78, 5) is 0. The summed E-state index contributed by atoms with van der Waals surface area (Å²) in [5, 5.41) is 0. The first-order valence-electron chi connectivity index (χ1n) is 3.05. The fraction of sp³-hybridized carbons (Fsp3) is 0.333. The summed E-state index contributed by atoms with van der Waals surface area (Å²) in [6, 6.07) is 0. The second-order valence-electron chi connectivity index (χ2n) is 1.87. The summed E-state index contributed by atoms with van der Waals surface area (Å²) in [6.07, 6.45) is 14.8. The molecule has 52 valence electrons. The van der Waals surface area contributed by atoms with Crippen molar-refractivity contribution in [3.05, 3.63) is 12.7 Å². The molecule has 0 heterocycles. The summed E-state index contributed by atoms with van der Waals surface area (Å²) in [7, 11) is -0.151. The topological polar surface area (TPSA) is 0 Å². The molecular weight excluding hydrogens is 139 g/mol. The van der Waals surface area contributed by atoms with Crippen molar-refractivity contribution in [3.8, 4) is 24.7 Å². The average Bonchev–Trinajstić information content (AvgIpc) is 1.90. The van der Waals surface area contributed by atoms with Gasteiger partial charge in [0.25, 0.3) is 0 Å². The summed E-state index contributed by atoms with van der Waals surface area (Å²) < 4.78 is 0. The van der Waals surface area contributed by atoms with Crippen molar-refractivity contribution < 1.29 is 0 Å². The fourth-order valence-corrected chi connectivity index (χ4v) is 1.88. The Bertz CT molecular complexity index is 152. The third kappa shape index (κ3) is 4.20. The fourth-order valence-electron chi connectivity index (χ4n) is 0.626. The molecule has 0 aromatic carbocycles. The van der Waals surface area contributed by atoms with Crippen LogP contribution in [0.2, 0.25) is 0 Å². The summed E-state index contributed by atoms with van der Waals surface area (Å²) in [5.41, 5.74) is 0. The molecule has 0 fully saturated rings. The van der Waals surface area contributed by atoms with E-state index in [2.05, 4.69) is 18.4 Å². The standard InChI is InChI=1S/C9H11P/c1-4-7-10(8-5-2)9-6-3/h1-2,6H,3,7-9H2. The van der Waals surface area contributed by atoms with E-state index in [1.165, 1.54) is 0 Å². The first kappa shape index (κ1) is 9.29. The van der Waals surface area contributed by atoms with E-state index < -0.39 is 0 Å². The largest absolute Gasteiger partial charge is 0.120 e.